The smallest absolute Gasteiger partial charge is 0.333 e. The molecule has 0 saturated heterocycles. The van der Waals surface area contributed by atoms with E-state index in [1.807, 2.05) is 0 Å². The predicted molar refractivity (Wildman–Crippen MR) is 534 cm³/mol. The van der Waals surface area contributed by atoms with Gasteiger partial charge in [-0.25, -0.2) is 9.59 Å². The Bertz CT molecular complexity index is 4300. The van der Waals surface area contributed by atoms with Gasteiger partial charge in [0.1, 0.15) is 11.5 Å². The second-order valence-electron chi connectivity index (χ2n) is 38.3. The van der Waals surface area contributed by atoms with E-state index in [1.165, 1.54) is 348 Å². The molecule has 0 fully saturated rings. The van der Waals surface area contributed by atoms with Crippen LogP contribution in [-0.2, 0) is 35.3 Å². The molecule has 0 aliphatic heterocycles. The number of rotatable bonds is 64. The molecule has 0 saturated carbocycles. The Morgan fingerprint density at radius 2 is 0.400 bits per heavy atom. The summed E-state index contributed by atoms with van der Waals surface area (Å²) in [6.07, 6.45) is 61.1. The van der Waals surface area contributed by atoms with E-state index in [0.29, 0.717) is 37.6 Å². The highest BCUT2D eigenvalue weighted by Crippen LogP contribution is 2.61. The number of ether oxygens (including phenoxy) is 4. The van der Waals surface area contributed by atoms with Gasteiger partial charge in [0.15, 0.2) is 0 Å². The molecule has 3 aliphatic carbocycles. The Balaban J connectivity index is 0.956. The largest absolute Gasteiger partial charge is 0.494 e. The lowest BCUT2D eigenvalue weighted by Crippen LogP contribution is -2.26. The first-order valence-corrected chi connectivity index (χ1v) is 51.3. The van der Waals surface area contributed by atoms with Crippen LogP contribution in [0.5, 0.6) is 11.5 Å². The van der Waals surface area contributed by atoms with E-state index < -0.39 is 0 Å². The van der Waals surface area contributed by atoms with E-state index in [-0.39, 0.29) is 28.2 Å². The van der Waals surface area contributed by atoms with Gasteiger partial charge in [0, 0.05) is 27.4 Å². The molecule has 125 heavy (non-hydrogen) atoms. The molecule has 0 radical (unpaired) electrons. The second kappa shape index (κ2) is 51.7. The fourth-order valence-corrected chi connectivity index (χ4v) is 21.4. The molecule has 0 amide bonds. The van der Waals surface area contributed by atoms with Crippen LogP contribution in [0.2, 0.25) is 0 Å². The second-order valence-corrected chi connectivity index (χ2v) is 38.3. The zero-order chi connectivity index (χ0) is 87.9. The lowest BCUT2D eigenvalue weighted by molar-refractivity contribution is -0.139. The van der Waals surface area contributed by atoms with Gasteiger partial charge in [-0.05, 0) is 276 Å². The molecule has 0 atom stereocenters. The van der Waals surface area contributed by atoms with Gasteiger partial charge >= 0.3 is 11.9 Å². The molecule has 0 bridgehead atoms. The average Bonchev–Trinajstić information content (AvgIpc) is 1.56. The SMILES string of the molecule is C=C(C)C(=O)OCCCCCCOc1ccc(-c2ccc3c(c2)C(CCCCCCCC)(CCCCCCCC)c2cc(-c4ccc5c(c4)C(CCCCCCCC)(CCCCCCCC)c4cc(-c6ccc7c(c6)C(CCCCCCCC)(CCCCCCCC)c6cc(-c8ccc(OCCCCCCOC(=O)C(=C)C)cc8)ccc6-7)ccc4-5)ccc2-3)cc1. The van der Waals surface area contributed by atoms with Crippen molar-refractivity contribution in [3.63, 3.8) is 0 Å². The normalized spacial score (nSPS) is 13.4. The molecule has 3 aliphatic rings. The quantitative estimate of drug-likeness (QED) is 0.0215. The molecule has 674 valence electrons. The fourth-order valence-electron chi connectivity index (χ4n) is 21.4. The zero-order valence-electron chi connectivity index (χ0n) is 79.6. The third-order valence-electron chi connectivity index (χ3n) is 28.6. The van der Waals surface area contributed by atoms with Gasteiger partial charge in [-0.15, -0.1) is 0 Å². The topological polar surface area (TPSA) is 71.1 Å². The molecular formula is C119H162O6. The maximum Gasteiger partial charge on any atom is 0.333 e. The lowest BCUT2D eigenvalue weighted by atomic mass is 9.69. The molecule has 0 spiro atoms. The van der Waals surface area contributed by atoms with Gasteiger partial charge in [0.05, 0.1) is 26.4 Å². The molecular weight excluding hydrogens is 1530 g/mol. The monoisotopic (exact) mass is 1690 g/mol. The van der Waals surface area contributed by atoms with Gasteiger partial charge in [0.2, 0.25) is 0 Å². The molecule has 0 aromatic heterocycles. The van der Waals surface area contributed by atoms with Gasteiger partial charge in [0.25, 0.3) is 0 Å². The van der Waals surface area contributed by atoms with Crippen molar-refractivity contribution in [1.29, 1.82) is 0 Å². The maximum absolute atomic E-state index is 11.9. The number of carbonyl (C=O) groups excluding carboxylic acids is 2. The summed E-state index contributed by atoms with van der Waals surface area (Å²) in [5.74, 6) is 1.22. The van der Waals surface area contributed by atoms with E-state index in [2.05, 4.69) is 212 Å². The number of fused-ring (bicyclic) bond motifs is 9. The molecule has 8 aromatic rings. The summed E-state index contributed by atoms with van der Waals surface area (Å²) in [6, 6.07) is 64.3. The van der Waals surface area contributed by atoms with E-state index in [9.17, 15) is 9.59 Å². The fraction of sp³-hybridized carbons (Fsp3) is 0.546. The Labute approximate surface area is 759 Å². The van der Waals surface area contributed by atoms with Crippen molar-refractivity contribution in [3.05, 3.63) is 215 Å². The van der Waals surface area contributed by atoms with Crippen LogP contribution in [0.15, 0.2) is 182 Å². The van der Waals surface area contributed by atoms with Crippen molar-refractivity contribution in [1.82, 2.24) is 0 Å². The van der Waals surface area contributed by atoms with Gasteiger partial charge in [-0.1, -0.05) is 383 Å². The summed E-state index contributed by atoms with van der Waals surface area (Å²) in [4.78, 5) is 23.8. The molecule has 6 nitrogen and oxygen atoms in total. The van der Waals surface area contributed by atoms with Crippen LogP contribution in [0.4, 0.5) is 0 Å². The van der Waals surface area contributed by atoms with E-state index in [0.717, 1.165) is 62.9 Å². The lowest BCUT2D eigenvalue weighted by Gasteiger charge is -2.34. The Hall–Kier alpha value is -8.22. The Morgan fingerprint density at radius 3 is 0.608 bits per heavy atom. The average molecular weight is 1690 g/mol. The highest BCUT2D eigenvalue weighted by Gasteiger charge is 2.47. The van der Waals surface area contributed by atoms with Crippen molar-refractivity contribution >= 4 is 11.9 Å². The molecule has 6 heteroatoms. The van der Waals surface area contributed by atoms with Crippen molar-refractivity contribution in [3.8, 4) is 89.4 Å². The Morgan fingerprint density at radius 1 is 0.224 bits per heavy atom. The first kappa shape index (κ1) is 97.4. The summed E-state index contributed by atoms with van der Waals surface area (Å²) in [6.45, 7) is 27.1. The first-order chi connectivity index (χ1) is 61.3. The molecule has 0 heterocycles. The Kier molecular flexibility index (Phi) is 40.3. The van der Waals surface area contributed by atoms with E-state index in [1.54, 1.807) is 47.2 Å². The van der Waals surface area contributed by atoms with E-state index in [4.69, 9.17) is 18.9 Å². The highest BCUT2D eigenvalue weighted by molar-refractivity contribution is 5.92. The molecule has 8 aromatic carbocycles. The van der Waals surface area contributed by atoms with Crippen LogP contribution < -0.4 is 9.47 Å². The summed E-state index contributed by atoms with van der Waals surface area (Å²) in [7, 11) is 0. The van der Waals surface area contributed by atoms with Crippen LogP contribution in [-0.4, -0.2) is 38.4 Å². The van der Waals surface area contributed by atoms with Crippen LogP contribution in [0.3, 0.4) is 0 Å². The number of hydrogen-bond donors (Lipinski definition) is 0. The van der Waals surface area contributed by atoms with Gasteiger partial charge in [-0.3, -0.25) is 0 Å². The molecule has 0 N–H and O–H groups in total. The molecule has 11 rings (SSSR count). The number of esters is 2. The number of hydrogen-bond acceptors (Lipinski definition) is 6. The van der Waals surface area contributed by atoms with Crippen LogP contribution >= 0.6 is 0 Å². The third-order valence-corrected chi connectivity index (χ3v) is 28.6. The minimum absolute atomic E-state index is 0.103. The summed E-state index contributed by atoms with van der Waals surface area (Å²) >= 11 is 0. The minimum Gasteiger partial charge on any atom is -0.494 e. The minimum atomic E-state index is -0.304. The van der Waals surface area contributed by atoms with Crippen molar-refractivity contribution in [2.75, 3.05) is 26.4 Å². The van der Waals surface area contributed by atoms with Crippen LogP contribution in [0.1, 0.15) is 410 Å². The summed E-state index contributed by atoms with van der Waals surface area (Å²) in [5.41, 5.74) is 29.2. The van der Waals surface area contributed by atoms with Crippen LogP contribution in [0.25, 0.3) is 77.9 Å². The van der Waals surface area contributed by atoms with Crippen molar-refractivity contribution in [2.45, 2.75) is 393 Å². The number of benzene rings is 8. The zero-order valence-corrected chi connectivity index (χ0v) is 79.6. The highest BCUT2D eigenvalue weighted by atomic mass is 16.5. The van der Waals surface area contributed by atoms with Crippen LogP contribution in [0, 0.1) is 0 Å². The van der Waals surface area contributed by atoms with Gasteiger partial charge in [-0.2, -0.15) is 0 Å². The summed E-state index contributed by atoms with van der Waals surface area (Å²) in [5, 5.41) is 0. The van der Waals surface area contributed by atoms with Crippen molar-refractivity contribution < 1.29 is 28.5 Å². The van der Waals surface area contributed by atoms with Gasteiger partial charge < -0.3 is 18.9 Å². The standard InChI is InChI=1S/C119H162O6/c1-11-17-23-29-35-45-75-117(76-46-36-30-24-18-12-2)109-85-95(93-55-65-101(66-56-93)122-81-51-41-43-53-83-124-115(120)91(7)8)59-69-103(109)105-71-61-97(87-111(105)117)99-63-73-107-108-74-64-100(90-114(108)119(113(107)89-99,79-49-39-33-27-21-15-5)80-50-40-34-28-22-16-6)98-62-72-106-104-70-60-96(94-57-67-102(68-58-94)123-82-52-42-44-54-84-125-116(121)92(9)10)86-110(104)118(112(106)88-98,77-47-37-31-25-19-13-3)78-48-38-32-26-20-14-4/h55-74,85-90H,7,9,11-54,75-84H2,1-6,8,10H3. The predicted octanol–water partition coefficient (Wildman–Crippen LogP) is 35.8. The maximum atomic E-state index is 11.9. The third kappa shape index (κ3) is 26.5. The van der Waals surface area contributed by atoms with Crippen molar-refractivity contribution in [2.24, 2.45) is 0 Å². The van der Waals surface area contributed by atoms with E-state index >= 15 is 0 Å². The summed E-state index contributed by atoms with van der Waals surface area (Å²) < 4.78 is 23.4. The first-order valence-electron chi connectivity index (χ1n) is 51.3. The number of unbranched alkanes of at least 4 members (excludes halogenated alkanes) is 36. The molecule has 0 unspecified atom stereocenters. The number of carbonyl (C=O) groups is 2.